The van der Waals surface area contributed by atoms with E-state index >= 15 is 0 Å². The van der Waals surface area contributed by atoms with Crippen LogP contribution < -0.4 is 0 Å². The van der Waals surface area contributed by atoms with Crippen LogP contribution in [-0.2, 0) is 17.8 Å². The number of piperazine rings is 1. The molecule has 2 aromatic rings. The number of nitrogens with zero attached hydrogens (tertiary/aromatic N) is 3. The number of hydrogen-bond acceptors (Lipinski definition) is 4. The summed E-state index contributed by atoms with van der Waals surface area (Å²) in [6, 6.07) is 7.46. The first-order valence-corrected chi connectivity index (χ1v) is 9.78. The molecule has 1 saturated heterocycles. The first-order chi connectivity index (χ1) is 12.1. The fourth-order valence-electron chi connectivity index (χ4n) is 2.79. The number of rotatable bonds is 5. The van der Waals surface area contributed by atoms with Crippen LogP contribution >= 0.6 is 22.9 Å². The van der Waals surface area contributed by atoms with Crippen LogP contribution in [0.15, 0.2) is 35.7 Å². The Hall–Kier alpha value is -1.69. The number of benzene rings is 1. The lowest BCUT2D eigenvalue weighted by molar-refractivity contribution is -0.127. The van der Waals surface area contributed by atoms with Crippen LogP contribution in [0.4, 0.5) is 0 Å². The van der Waals surface area contributed by atoms with Crippen LogP contribution in [-0.4, -0.2) is 46.9 Å². The summed E-state index contributed by atoms with van der Waals surface area (Å²) in [6.07, 6.45) is 4.48. The maximum absolute atomic E-state index is 12.3. The monoisotopic (exact) mass is 375 g/mol. The standard InChI is InChI=1S/C19H22ClN3OS/c1-2-18-21-17(14-25-18)13-22-9-11-23(12-10-22)19(24)8-5-15-3-6-16(20)7-4-15/h3-8,14H,2,9-13H2,1H3/b8-5+. The van der Waals surface area contributed by atoms with Gasteiger partial charge >= 0.3 is 0 Å². The molecule has 132 valence electrons. The second-order valence-electron chi connectivity index (χ2n) is 6.07. The Morgan fingerprint density at radius 1 is 1.24 bits per heavy atom. The molecule has 1 aliphatic rings. The van der Waals surface area contributed by atoms with Crippen molar-refractivity contribution < 1.29 is 4.79 Å². The van der Waals surface area contributed by atoms with Crippen molar-refractivity contribution in [2.75, 3.05) is 26.2 Å². The molecule has 25 heavy (non-hydrogen) atoms. The van der Waals surface area contributed by atoms with E-state index in [0.29, 0.717) is 5.02 Å². The summed E-state index contributed by atoms with van der Waals surface area (Å²) in [5, 5.41) is 4.03. The van der Waals surface area contributed by atoms with Gasteiger partial charge in [-0.05, 0) is 30.2 Å². The fraction of sp³-hybridized carbons (Fsp3) is 0.368. The molecule has 0 spiro atoms. The van der Waals surface area contributed by atoms with E-state index in [-0.39, 0.29) is 5.91 Å². The molecule has 3 rings (SSSR count). The quantitative estimate of drug-likeness (QED) is 0.747. The number of carbonyl (C=O) groups excluding carboxylic acids is 1. The Morgan fingerprint density at radius 3 is 2.60 bits per heavy atom. The highest BCUT2D eigenvalue weighted by Gasteiger charge is 2.20. The molecule has 0 atom stereocenters. The molecule has 1 aliphatic heterocycles. The predicted octanol–water partition coefficient (Wildman–Crippen LogP) is 3.72. The number of amides is 1. The predicted molar refractivity (Wildman–Crippen MR) is 104 cm³/mol. The maximum Gasteiger partial charge on any atom is 0.246 e. The first-order valence-electron chi connectivity index (χ1n) is 8.52. The van der Waals surface area contributed by atoms with Crippen LogP contribution in [0.1, 0.15) is 23.2 Å². The summed E-state index contributed by atoms with van der Waals surface area (Å²) in [5.41, 5.74) is 2.12. The molecule has 4 nitrogen and oxygen atoms in total. The lowest BCUT2D eigenvalue weighted by atomic mass is 10.2. The van der Waals surface area contributed by atoms with E-state index in [9.17, 15) is 4.79 Å². The summed E-state index contributed by atoms with van der Waals surface area (Å²) in [4.78, 5) is 21.2. The second-order valence-corrected chi connectivity index (χ2v) is 7.45. The van der Waals surface area contributed by atoms with Crippen molar-refractivity contribution in [1.82, 2.24) is 14.8 Å². The average Bonchev–Trinajstić information content (AvgIpc) is 3.09. The molecule has 0 saturated carbocycles. The average molecular weight is 376 g/mol. The van der Waals surface area contributed by atoms with Gasteiger partial charge in [-0.3, -0.25) is 9.69 Å². The largest absolute Gasteiger partial charge is 0.337 e. The molecule has 0 aliphatic carbocycles. The summed E-state index contributed by atoms with van der Waals surface area (Å²) in [6.45, 7) is 6.30. The summed E-state index contributed by atoms with van der Waals surface area (Å²) in [7, 11) is 0. The zero-order chi connectivity index (χ0) is 17.6. The van der Waals surface area contributed by atoms with E-state index in [1.807, 2.05) is 35.2 Å². The first kappa shape index (κ1) is 18.1. The van der Waals surface area contributed by atoms with Crippen molar-refractivity contribution in [3.8, 4) is 0 Å². The molecule has 1 amide bonds. The van der Waals surface area contributed by atoms with Gasteiger partial charge in [0, 0.05) is 49.2 Å². The zero-order valence-corrected chi connectivity index (χ0v) is 15.9. The van der Waals surface area contributed by atoms with Gasteiger partial charge in [-0.2, -0.15) is 0 Å². The van der Waals surface area contributed by atoms with Gasteiger partial charge in [-0.15, -0.1) is 11.3 Å². The Labute approximate surface area is 157 Å². The SMILES string of the molecule is CCc1nc(CN2CCN(C(=O)/C=C/c3ccc(Cl)cc3)CC2)cs1. The van der Waals surface area contributed by atoms with E-state index in [0.717, 1.165) is 50.4 Å². The number of hydrogen-bond donors (Lipinski definition) is 0. The number of thiazole rings is 1. The van der Waals surface area contributed by atoms with Crippen molar-refractivity contribution >= 4 is 34.9 Å². The third-order valence-electron chi connectivity index (χ3n) is 4.26. The van der Waals surface area contributed by atoms with Gasteiger partial charge in [0.15, 0.2) is 0 Å². The van der Waals surface area contributed by atoms with Crippen LogP contribution in [0.3, 0.4) is 0 Å². The molecular formula is C19H22ClN3OS. The molecular weight excluding hydrogens is 354 g/mol. The van der Waals surface area contributed by atoms with Crippen LogP contribution in [0.25, 0.3) is 6.08 Å². The van der Waals surface area contributed by atoms with E-state index in [4.69, 9.17) is 11.6 Å². The highest BCUT2D eigenvalue weighted by Crippen LogP contribution is 2.14. The second kappa shape index (κ2) is 8.61. The molecule has 1 aromatic heterocycles. The molecule has 2 heterocycles. The van der Waals surface area contributed by atoms with Crippen molar-refractivity contribution in [3.05, 3.63) is 57.0 Å². The molecule has 0 radical (unpaired) electrons. The molecule has 1 fully saturated rings. The molecule has 0 N–H and O–H groups in total. The van der Waals surface area contributed by atoms with E-state index in [1.165, 1.54) is 5.01 Å². The highest BCUT2D eigenvalue weighted by atomic mass is 35.5. The summed E-state index contributed by atoms with van der Waals surface area (Å²) < 4.78 is 0. The van der Waals surface area contributed by atoms with E-state index < -0.39 is 0 Å². The molecule has 1 aromatic carbocycles. The number of halogens is 1. The van der Waals surface area contributed by atoms with Gasteiger partial charge in [-0.1, -0.05) is 30.7 Å². The Kier molecular flexibility index (Phi) is 6.24. The smallest absolute Gasteiger partial charge is 0.246 e. The zero-order valence-electron chi connectivity index (χ0n) is 14.3. The lowest BCUT2D eigenvalue weighted by Gasteiger charge is -2.33. The van der Waals surface area contributed by atoms with Gasteiger partial charge in [0.2, 0.25) is 5.91 Å². The van der Waals surface area contributed by atoms with Crippen LogP contribution in [0.2, 0.25) is 5.02 Å². The summed E-state index contributed by atoms with van der Waals surface area (Å²) >= 11 is 7.60. The maximum atomic E-state index is 12.3. The number of aromatic nitrogens is 1. The number of aryl methyl sites for hydroxylation is 1. The van der Waals surface area contributed by atoms with Crippen LogP contribution in [0.5, 0.6) is 0 Å². The Morgan fingerprint density at radius 2 is 1.96 bits per heavy atom. The van der Waals surface area contributed by atoms with Gasteiger partial charge in [-0.25, -0.2) is 4.98 Å². The third kappa shape index (κ3) is 5.14. The summed E-state index contributed by atoms with van der Waals surface area (Å²) in [5.74, 6) is 0.0662. The van der Waals surface area contributed by atoms with E-state index in [2.05, 4.69) is 22.2 Å². The lowest BCUT2D eigenvalue weighted by Crippen LogP contribution is -2.47. The van der Waals surface area contributed by atoms with Crippen molar-refractivity contribution in [1.29, 1.82) is 0 Å². The van der Waals surface area contributed by atoms with Crippen LogP contribution in [0, 0.1) is 0 Å². The van der Waals surface area contributed by atoms with Gasteiger partial charge in [0.05, 0.1) is 10.7 Å². The van der Waals surface area contributed by atoms with Crippen molar-refractivity contribution in [2.45, 2.75) is 19.9 Å². The van der Waals surface area contributed by atoms with Crippen molar-refractivity contribution in [2.24, 2.45) is 0 Å². The van der Waals surface area contributed by atoms with Gasteiger partial charge < -0.3 is 4.90 Å². The normalized spacial score (nSPS) is 15.8. The minimum atomic E-state index is 0.0662. The Balaban J connectivity index is 1.47. The fourth-order valence-corrected chi connectivity index (χ4v) is 3.65. The highest BCUT2D eigenvalue weighted by molar-refractivity contribution is 7.09. The molecule has 0 unspecified atom stereocenters. The molecule has 6 heteroatoms. The molecule has 0 bridgehead atoms. The third-order valence-corrected chi connectivity index (χ3v) is 5.55. The topological polar surface area (TPSA) is 36.4 Å². The van der Waals surface area contributed by atoms with E-state index in [1.54, 1.807) is 17.4 Å². The van der Waals surface area contributed by atoms with Crippen molar-refractivity contribution in [3.63, 3.8) is 0 Å². The minimum absolute atomic E-state index is 0.0662. The van der Waals surface area contributed by atoms with Gasteiger partial charge in [0.25, 0.3) is 0 Å². The number of carbonyl (C=O) groups is 1. The minimum Gasteiger partial charge on any atom is -0.337 e. The Bertz CT molecular complexity index is 733. The van der Waals surface area contributed by atoms with Gasteiger partial charge in [0.1, 0.15) is 0 Å².